The standard InChI is InChI=1S/C14H15F2N3O2S/c1-3-4-5-8(2)14(21)22-12-6-9(13(20)18-19-17)10(15)7-11(12)16/h6-8H,3-5H2,1-2H3. The fourth-order valence-corrected chi connectivity index (χ4v) is 2.57. The molecule has 0 bridgehead atoms. The molecule has 5 nitrogen and oxygen atoms in total. The van der Waals surface area contributed by atoms with Gasteiger partial charge < -0.3 is 0 Å². The minimum Gasteiger partial charge on any atom is -0.287 e. The molecule has 1 aromatic carbocycles. The fraction of sp³-hybridized carbons (Fsp3) is 0.429. The van der Waals surface area contributed by atoms with Gasteiger partial charge in [0.1, 0.15) is 11.6 Å². The Labute approximate surface area is 130 Å². The van der Waals surface area contributed by atoms with Crippen LogP contribution in [0.3, 0.4) is 0 Å². The highest BCUT2D eigenvalue weighted by Crippen LogP contribution is 2.29. The van der Waals surface area contributed by atoms with Crippen molar-refractivity contribution < 1.29 is 18.4 Å². The maximum atomic E-state index is 13.7. The molecule has 1 aromatic rings. The van der Waals surface area contributed by atoms with E-state index in [4.69, 9.17) is 5.53 Å². The Balaban J connectivity index is 3.00. The van der Waals surface area contributed by atoms with Gasteiger partial charge in [0.2, 0.25) is 0 Å². The average Bonchev–Trinajstić information content (AvgIpc) is 2.47. The quantitative estimate of drug-likeness (QED) is 0.324. The lowest BCUT2D eigenvalue weighted by Crippen LogP contribution is -2.08. The first-order chi connectivity index (χ1) is 10.4. The van der Waals surface area contributed by atoms with Crippen LogP contribution in [0.4, 0.5) is 8.78 Å². The summed E-state index contributed by atoms with van der Waals surface area (Å²) in [5.74, 6) is -3.50. The van der Waals surface area contributed by atoms with Crippen LogP contribution in [0, 0.1) is 17.6 Å². The predicted molar refractivity (Wildman–Crippen MR) is 79.4 cm³/mol. The van der Waals surface area contributed by atoms with E-state index in [0.717, 1.165) is 18.9 Å². The zero-order valence-corrected chi connectivity index (χ0v) is 13.0. The minimum absolute atomic E-state index is 0.161. The van der Waals surface area contributed by atoms with Gasteiger partial charge in [-0.05, 0) is 34.9 Å². The molecule has 0 spiro atoms. The lowest BCUT2D eigenvalue weighted by atomic mass is 10.1. The summed E-state index contributed by atoms with van der Waals surface area (Å²) in [6, 6.07) is 1.41. The van der Waals surface area contributed by atoms with E-state index in [9.17, 15) is 18.4 Å². The summed E-state index contributed by atoms with van der Waals surface area (Å²) in [5, 5.41) is 2.50. The first-order valence-electron chi connectivity index (χ1n) is 6.70. The summed E-state index contributed by atoms with van der Waals surface area (Å²) in [6.07, 6.45) is 2.49. The van der Waals surface area contributed by atoms with E-state index in [2.05, 4.69) is 10.0 Å². The van der Waals surface area contributed by atoms with E-state index in [1.54, 1.807) is 6.92 Å². The number of benzene rings is 1. The van der Waals surface area contributed by atoms with E-state index in [1.807, 2.05) is 6.92 Å². The van der Waals surface area contributed by atoms with Crippen molar-refractivity contribution in [2.75, 3.05) is 0 Å². The number of unbranched alkanes of at least 4 members (excludes halogenated alkanes) is 1. The monoisotopic (exact) mass is 327 g/mol. The van der Waals surface area contributed by atoms with Gasteiger partial charge in [-0.1, -0.05) is 26.7 Å². The summed E-state index contributed by atoms with van der Waals surface area (Å²) >= 11 is 0.620. The Morgan fingerprint density at radius 3 is 2.64 bits per heavy atom. The summed E-state index contributed by atoms with van der Waals surface area (Å²) in [6.45, 7) is 3.73. The van der Waals surface area contributed by atoms with Crippen LogP contribution in [0.5, 0.6) is 0 Å². The molecule has 0 aromatic heterocycles. The van der Waals surface area contributed by atoms with Gasteiger partial charge in [0.05, 0.1) is 10.5 Å². The number of nitrogens with zero attached hydrogens (tertiary/aromatic N) is 3. The number of hydrogen-bond donors (Lipinski definition) is 0. The van der Waals surface area contributed by atoms with Crippen molar-refractivity contribution in [2.24, 2.45) is 11.0 Å². The summed E-state index contributed by atoms with van der Waals surface area (Å²) in [4.78, 5) is 25.5. The van der Waals surface area contributed by atoms with Gasteiger partial charge in [-0.25, -0.2) is 8.78 Å². The van der Waals surface area contributed by atoms with Gasteiger partial charge >= 0.3 is 0 Å². The lowest BCUT2D eigenvalue weighted by molar-refractivity contribution is -0.114. The predicted octanol–water partition coefficient (Wildman–Crippen LogP) is 4.86. The molecular formula is C14H15F2N3O2S. The third-order valence-corrected chi connectivity index (χ3v) is 4.13. The number of halogens is 2. The second-order valence-corrected chi connectivity index (χ2v) is 5.77. The fourth-order valence-electron chi connectivity index (χ4n) is 1.70. The van der Waals surface area contributed by atoms with Crippen LogP contribution < -0.4 is 0 Å². The van der Waals surface area contributed by atoms with Crippen molar-refractivity contribution in [3.05, 3.63) is 39.8 Å². The third-order valence-electron chi connectivity index (χ3n) is 2.99. The van der Waals surface area contributed by atoms with E-state index in [-0.39, 0.29) is 15.9 Å². The van der Waals surface area contributed by atoms with E-state index in [1.165, 1.54) is 0 Å². The Morgan fingerprint density at radius 1 is 1.36 bits per heavy atom. The largest absolute Gasteiger partial charge is 0.287 e. The number of rotatable bonds is 6. The van der Waals surface area contributed by atoms with Crippen LogP contribution in [0.2, 0.25) is 0 Å². The molecule has 8 heteroatoms. The number of thioether (sulfide) groups is 1. The molecule has 0 aliphatic carbocycles. The topological polar surface area (TPSA) is 82.9 Å². The Hall–Kier alpha value is -1.92. The molecule has 0 aliphatic rings. The van der Waals surface area contributed by atoms with Crippen molar-refractivity contribution >= 4 is 22.8 Å². The van der Waals surface area contributed by atoms with Gasteiger partial charge in [-0.15, -0.1) is 0 Å². The number of hydrogen-bond acceptors (Lipinski definition) is 3. The maximum Gasteiger partial charge on any atom is 0.252 e. The van der Waals surface area contributed by atoms with Crippen LogP contribution in [0.25, 0.3) is 10.4 Å². The first kappa shape index (κ1) is 18.1. The molecule has 0 N–H and O–H groups in total. The normalized spacial score (nSPS) is 11.6. The van der Waals surface area contributed by atoms with Crippen molar-refractivity contribution in [1.29, 1.82) is 0 Å². The summed E-state index contributed by atoms with van der Waals surface area (Å²) in [7, 11) is 0. The molecule has 0 fully saturated rings. The van der Waals surface area contributed by atoms with Gasteiger partial charge in [0, 0.05) is 16.9 Å². The maximum absolute atomic E-state index is 13.7. The molecule has 0 heterocycles. The minimum atomic E-state index is -1.16. The summed E-state index contributed by atoms with van der Waals surface area (Å²) in [5.41, 5.74) is 7.64. The van der Waals surface area contributed by atoms with Gasteiger partial charge in [0.25, 0.3) is 5.91 Å². The number of amides is 1. The number of carbonyl (C=O) groups excluding carboxylic acids is 2. The van der Waals surface area contributed by atoms with Gasteiger partial charge in [0.15, 0.2) is 5.12 Å². The van der Waals surface area contributed by atoms with E-state index in [0.29, 0.717) is 24.2 Å². The molecule has 1 amide bonds. The highest BCUT2D eigenvalue weighted by molar-refractivity contribution is 8.13. The van der Waals surface area contributed by atoms with E-state index < -0.39 is 23.1 Å². The molecule has 22 heavy (non-hydrogen) atoms. The summed E-state index contributed by atoms with van der Waals surface area (Å²) < 4.78 is 27.3. The molecule has 1 rings (SSSR count). The zero-order valence-electron chi connectivity index (χ0n) is 12.2. The first-order valence-corrected chi connectivity index (χ1v) is 7.52. The van der Waals surface area contributed by atoms with Crippen LogP contribution >= 0.6 is 11.8 Å². The van der Waals surface area contributed by atoms with Crippen molar-refractivity contribution in [1.82, 2.24) is 0 Å². The van der Waals surface area contributed by atoms with Crippen molar-refractivity contribution in [3.8, 4) is 0 Å². The highest BCUT2D eigenvalue weighted by atomic mass is 32.2. The van der Waals surface area contributed by atoms with Crippen molar-refractivity contribution in [2.45, 2.75) is 38.0 Å². The number of azide groups is 1. The van der Waals surface area contributed by atoms with E-state index >= 15 is 0 Å². The lowest BCUT2D eigenvalue weighted by Gasteiger charge is -2.10. The molecule has 1 unspecified atom stereocenters. The van der Waals surface area contributed by atoms with Crippen LogP contribution in [0.15, 0.2) is 22.1 Å². The van der Waals surface area contributed by atoms with Crippen LogP contribution in [0.1, 0.15) is 43.5 Å². The van der Waals surface area contributed by atoms with Gasteiger partial charge in [-0.2, -0.15) is 0 Å². The highest BCUT2D eigenvalue weighted by Gasteiger charge is 2.20. The second kappa shape index (κ2) is 8.51. The number of carbonyl (C=O) groups is 2. The van der Waals surface area contributed by atoms with Crippen LogP contribution in [-0.2, 0) is 4.79 Å². The Morgan fingerprint density at radius 2 is 2.05 bits per heavy atom. The Bertz CT molecular complexity index is 631. The van der Waals surface area contributed by atoms with Crippen LogP contribution in [-0.4, -0.2) is 11.0 Å². The molecule has 1 atom stereocenters. The second-order valence-electron chi connectivity index (χ2n) is 4.72. The molecule has 118 valence electrons. The Kier molecular flexibility index (Phi) is 7.01. The average molecular weight is 327 g/mol. The third kappa shape index (κ3) is 4.82. The molecule has 0 saturated carbocycles. The molecule has 0 saturated heterocycles. The molecular weight excluding hydrogens is 312 g/mol. The molecule has 0 radical (unpaired) electrons. The molecule has 0 aliphatic heterocycles. The van der Waals surface area contributed by atoms with Crippen molar-refractivity contribution in [3.63, 3.8) is 0 Å². The zero-order chi connectivity index (χ0) is 16.7. The smallest absolute Gasteiger partial charge is 0.252 e. The van der Waals surface area contributed by atoms with Gasteiger partial charge in [-0.3, -0.25) is 9.59 Å². The SMILES string of the molecule is CCCCC(C)C(=O)Sc1cc(C(=O)N=[N+]=[N-])c(F)cc1F.